The zero-order chi connectivity index (χ0) is 12.5. The quantitative estimate of drug-likeness (QED) is 0.633. The van der Waals surface area contributed by atoms with E-state index < -0.39 is 0 Å². The molecule has 1 aromatic carbocycles. The minimum Gasteiger partial charge on any atom is -0.382 e. The van der Waals surface area contributed by atoms with Crippen LogP contribution in [0.25, 0.3) is 22.2 Å². The topological polar surface area (TPSA) is 92.5 Å². The summed E-state index contributed by atoms with van der Waals surface area (Å²) in [6.45, 7) is 0. The van der Waals surface area contributed by atoms with E-state index in [9.17, 15) is 0 Å². The first kappa shape index (κ1) is 10.5. The summed E-state index contributed by atoms with van der Waals surface area (Å²) < 4.78 is 0. The summed E-state index contributed by atoms with van der Waals surface area (Å²) in [6, 6.07) is 9.55. The van der Waals surface area contributed by atoms with Gasteiger partial charge in [0.2, 0.25) is 0 Å². The monoisotopic (exact) mass is 240 g/mol. The van der Waals surface area contributed by atoms with Crippen molar-refractivity contribution in [3.63, 3.8) is 0 Å². The summed E-state index contributed by atoms with van der Waals surface area (Å²) in [5, 5.41) is 19.1. The molecule has 0 aliphatic carbocycles. The maximum absolute atomic E-state index is 5.53. The molecular formula is C12H12N6. The molecule has 2 aromatic heterocycles. The van der Waals surface area contributed by atoms with Crippen molar-refractivity contribution in [2.45, 2.75) is 0 Å². The van der Waals surface area contributed by atoms with E-state index in [0.29, 0.717) is 5.82 Å². The van der Waals surface area contributed by atoms with Gasteiger partial charge in [-0.3, -0.25) is 5.10 Å². The molecule has 0 aliphatic rings. The molecule has 0 fully saturated rings. The Morgan fingerprint density at radius 3 is 2.78 bits per heavy atom. The third-order valence-electron chi connectivity index (χ3n) is 2.78. The number of anilines is 2. The first-order valence-electron chi connectivity index (χ1n) is 5.53. The predicted octanol–water partition coefficient (Wildman–Crippen LogP) is 1.64. The number of nitrogen functional groups attached to an aromatic ring is 1. The van der Waals surface area contributed by atoms with Gasteiger partial charge in [-0.25, -0.2) is 0 Å². The highest BCUT2D eigenvalue weighted by molar-refractivity contribution is 5.92. The van der Waals surface area contributed by atoms with Crippen LogP contribution in [0.4, 0.5) is 11.6 Å². The number of fused-ring (bicyclic) bond motifs is 1. The van der Waals surface area contributed by atoms with E-state index in [2.05, 4.69) is 25.7 Å². The Labute approximate surface area is 103 Å². The van der Waals surface area contributed by atoms with Gasteiger partial charge in [0, 0.05) is 18.0 Å². The smallest absolute Gasteiger partial charge is 0.155 e. The third-order valence-corrected chi connectivity index (χ3v) is 2.78. The second kappa shape index (κ2) is 3.99. The molecule has 0 saturated carbocycles. The summed E-state index contributed by atoms with van der Waals surface area (Å²) >= 11 is 0. The fourth-order valence-electron chi connectivity index (χ4n) is 1.86. The molecule has 0 atom stereocenters. The van der Waals surface area contributed by atoms with E-state index in [0.717, 1.165) is 28.0 Å². The number of nitrogens with one attached hydrogen (secondary N) is 2. The molecule has 0 spiro atoms. The number of aromatic nitrogens is 4. The molecule has 0 saturated heterocycles. The van der Waals surface area contributed by atoms with Crippen molar-refractivity contribution in [1.82, 2.24) is 20.4 Å². The van der Waals surface area contributed by atoms with E-state index in [1.54, 1.807) is 6.07 Å². The molecule has 0 aliphatic heterocycles. The van der Waals surface area contributed by atoms with Crippen molar-refractivity contribution in [2.24, 2.45) is 0 Å². The van der Waals surface area contributed by atoms with Crippen molar-refractivity contribution >= 4 is 22.5 Å². The van der Waals surface area contributed by atoms with Crippen LogP contribution in [0.15, 0.2) is 30.3 Å². The van der Waals surface area contributed by atoms with Crippen molar-refractivity contribution in [3.05, 3.63) is 30.3 Å². The van der Waals surface area contributed by atoms with Crippen molar-refractivity contribution < 1.29 is 0 Å². The lowest BCUT2D eigenvalue weighted by Gasteiger charge is -2.01. The van der Waals surface area contributed by atoms with Gasteiger partial charge in [-0.1, -0.05) is 6.07 Å². The molecule has 0 amide bonds. The fourth-order valence-corrected chi connectivity index (χ4v) is 1.86. The van der Waals surface area contributed by atoms with E-state index in [4.69, 9.17) is 5.73 Å². The standard InChI is InChI=1S/C12H12N6/c1-14-12-8-6-7(2-3-10(8)16-18-12)9-4-5-11(13)17-15-9/h2-6H,1H3,(H2,13,17)(H2,14,16,18). The lowest BCUT2D eigenvalue weighted by molar-refractivity contribution is 1.05. The summed E-state index contributed by atoms with van der Waals surface area (Å²) in [6.07, 6.45) is 0. The number of nitrogens with two attached hydrogens (primary N) is 1. The van der Waals surface area contributed by atoms with E-state index in [-0.39, 0.29) is 0 Å². The summed E-state index contributed by atoms with van der Waals surface area (Å²) in [4.78, 5) is 0. The number of H-pyrrole nitrogens is 1. The Balaban J connectivity index is 2.14. The van der Waals surface area contributed by atoms with Crippen molar-refractivity contribution in [3.8, 4) is 11.3 Å². The van der Waals surface area contributed by atoms with Crippen LogP contribution >= 0.6 is 0 Å². The number of rotatable bonds is 2. The molecule has 6 nitrogen and oxygen atoms in total. The van der Waals surface area contributed by atoms with E-state index in [1.165, 1.54) is 0 Å². The maximum atomic E-state index is 5.53. The van der Waals surface area contributed by atoms with Gasteiger partial charge >= 0.3 is 0 Å². The highest BCUT2D eigenvalue weighted by Crippen LogP contribution is 2.26. The van der Waals surface area contributed by atoms with Crippen LogP contribution < -0.4 is 11.1 Å². The highest BCUT2D eigenvalue weighted by atomic mass is 15.2. The zero-order valence-electron chi connectivity index (χ0n) is 9.81. The molecule has 18 heavy (non-hydrogen) atoms. The van der Waals surface area contributed by atoms with Gasteiger partial charge in [0.15, 0.2) is 5.82 Å². The molecule has 0 radical (unpaired) electrons. The highest BCUT2D eigenvalue weighted by Gasteiger charge is 2.07. The molecular weight excluding hydrogens is 228 g/mol. The number of benzene rings is 1. The summed E-state index contributed by atoms with van der Waals surface area (Å²) in [5.41, 5.74) is 8.27. The molecule has 6 heteroatoms. The first-order chi connectivity index (χ1) is 8.78. The second-order valence-corrected chi connectivity index (χ2v) is 3.93. The number of hydrogen-bond acceptors (Lipinski definition) is 5. The lowest BCUT2D eigenvalue weighted by atomic mass is 10.1. The second-order valence-electron chi connectivity index (χ2n) is 3.93. The number of nitrogens with zero attached hydrogens (tertiary/aromatic N) is 3. The fraction of sp³-hybridized carbons (Fsp3) is 0.0833. The van der Waals surface area contributed by atoms with Crippen LogP contribution in [-0.4, -0.2) is 27.4 Å². The average Bonchev–Trinajstić information content (AvgIpc) is 2.81. The van der Waals surface area contributed by atoms with Gasteiger partial charge < -0.3 is 11.1 Å². The minimum absolute atomic E-state index is 0.416. The number of hydrogen-bond donors (Lipinski definition) is 3. The van der Waals surface area contributed by atoms with Crippen molar-refractivity contribution in [2.75, 3.05) is 18.1 Å². The SMILES string of the molecule is CNc1n[nH]c2ccc(-c3ccc(N)nn3)cc12. The Bertz CT molecular complexity index is 685. The molecule has 4 N–H and O–H groups in total. The average molecular weight is 240 g/mol. The van der Waals surface area contributed by atoms with Crippen LogP contribution in [0.5, 0.6) is 0 Å². The normalized spacial score (nSPS) is 10.7. The zero-order valence-corrected chi connectivity index (χ0v) is 9.81. The van der Waals surface area contributed by atoms with E-state index in [1.807, 2.05) is 31.3 Å². The number of aromatic amines is 1. The molecule has 90 valence electrons. The molecule has 3 aromatic rings. The first-order valence-corrected chi connectivity index (χ1v) is 5.53. The molecule has 2 heterocycles. The summed E-state index contributed by atoms with van der Waals surface area (Å²) in [7, 11) is 1.84. The Hall–Kier alpha value is -2.63. The van der Waals surface area contributed by atoms with Crippen LogP contribution in [0.2, 0.25) is 0 Å². The molecule has 0 unspecified atom stereocenters. The van der Waals surface area contributed by atoms with Crippen LogP contribution in [0.3, 0.4) is 0 Å². The molecule has 0 bridgehead atoms. The van der Waals surface area contributed by atoms with Gasteiger partial charge in [-0.2, -0.15) is 5.10 Å². The largest absolute Gasteiger partial charge is 0.382 e. The van der Waals surface area contributed by atoms with Crippen molar-refractivity contribution in [1.29, 1.82) is 0 Å². The van der Waals surface area contributed by atoms with Gasteiger partial charge in [-0.05, 0) is 24.3 Å². The Morgan fingerprint density at radius 1 is 1.17 bits per heavy atom. The minimum atomic E-state index is 0.416. The third kappa shape index (κ3) is 1.64. The Morgan fingerprint density at radius 2 is 2.06 bits per heavy atom. The van der Waals surface area contributed by atoms with Gasteiger partial charge in [-0.15, -0.1) is 10.2 Å². The van der Waals surface area contributed by atoms with Gasteiger partial charge in [0.1, 0.15) is 5.82 Å². The molecule has 3 rings (SSSR count). The lowest BCUT2D eigenvalue weighted by Crippen LogP contribution is -1.93. The summed E-state index contributed by atoms with van der Waals surface area (Å²) in [5.74, 6) is 1.23. The predicted molar refractivity (Wildman–Crippen MR) is 71.1 cm³/mol. The van der Waals surface area contributed by atoms with Crippen LogP contribution in [-0.2, 0) is 0 Å². The van der Waals surface area contributed by atoms with E-state index >= 15 is 0 Å². The van der Waals surface area contributed by atoms with Crippen LogP contribution in [0.1, 0.15) is 0 Å². The Kier molecular flexibility index (Phi) is 2.33. The maximum Gasteiger partial charge on any atom is 0.155 e. The van der Waals surface area contributed by atoms with Gasteiger partial charge in [0.25, 0.3) is 0 Å². The van der Waals surface area contributed by atoms with Crippen LogP contribution in [0, 0.1) is 0 Å². The van der Waals surface area contributed by atoms with Gasteiger partial charge in [0.05, 0.1) is 11.2 Å².